The molecule has 3 heterocycles. The van der Waals surface area contributed by atoms with Crippen molar-refractivity contribution in [1.29, 1.82) is 0 Å². The maximum atomic E-state index is 13.2. The lowest BCUT2D eigenvalue weighted by Gasteiger charge is -2.35. The minimum Gasteiger partial charge on any atom is -0.481 e. The van der Waals surface area contributed by atoms with Gasteiger partial charge in [0.05, 0.1) is 11.9 Å². The number of aromatic nitrogens is 3. The Bertz CT molecular complexity index is 1780. The average molecular weight is 812 g/mol. The van der Waals surface area contributed by atoms with Crippen molar-refractivity contribution in [2.24, 2.45) is 5.92 Å². The summed E-state index contributed by atoms with van der Waals surface area (Å²) in [5.74, 6) is -0.235. The van der Waals surface area contributed by atoms with Gasteiger partial charge in [-0.1, -0.05) is 66.5 Å². The number of aliphatic carboxylic acids is 1. The van der Waals surface area contributed by atoms with Crippen molar-refractivity contribution in [2.75, 3.05) is 62.6 Å². The molecule has 1 unspecified atom stereocenters. The van der Waals surface area contributed by atoms with E-state index in [1.165, 1.54) is 16.7 Å². The molecule has 1 aliphatic heterocycles. The van der Waals surface area contributed by atoms with Crippen LogP contribution in [0.25, 0.3) is 11.0 Å². The van der Waals surface area contributed by atoms with Gasteiger partial charge in [-0.15, -0.1) is 0 Å². The highest BCUT2D eigenvalue weighted by Crippen LogP contribution is 2.38. The number of carbonyl (C=O) groups is 4. The fraction of sp³-hybridized carbons (Fsp3) is 0.600. The van der Waals surface area contributed by atoms with Crippen LogP contribution in [0.3, 0.4) is 0 Å². The monoisotopic (exact) mass is 811 g/mol. The second-order valence-electron chi connectivity index (χ2n) is 15.2. The maximum absolute atomic E-state index is 13.2. The Balaban J connectivity index is 1.13. The molecule has 0 aliphatic carbocycles. The molecule has 56 heavy (non-hydrogen) atoms. The first-order valence-corrected chi connectivity index (χ1v) is 22.1. The number of unbranched alkanes of at least 4 members (excludes halogenated alkanes) is 2. The van der Waals surface area contributed by atoms with E-state index in [4.69, 9.17) is 10.8 Å². The topological polar surface area (TPSA) is 188 Å². The van der Waals surface area contributed by atoms with E-state index in [-0.39, 0.29) is 47.8 Å². The SMILES string of the molecule is CCCCCNc1nc(N)nc2ccn(Cc3ccc(CN4CCN(C(=O)CCC(C)(C)SSCCNC(=O)CCNC(=O)C(C)CC(=O)O)CC4)cc3C)c12. The number of nitrogen functional groups attached to an aromatic ring is 1. The van der Waals surface area contributed by atoms with Gasteiger partial charge < -0.3 is 36.3 Å². The first-order chi connectivity index (χ1) is 26.7. The molecule has 1 aromatic carbocycles. The highest BCUT2D eigenvalue weighted by Gasteiger charge is 2.25. The van der Waals surface area contributed by atoms with Crippen molar-refractivity contribution in [2.45, 2.75) is 97.4 Å². The number of piperazine rings is 1. The first kappa shape index (κ1) is 44.7. The maximum Gasteiger partial charge on any atom is 0.304 e. The number of carboxylic acid groups (broad SMARTS) is 1. The van der Waals surface area contributed by atoms with Crippen LogP contribution in [0.1, 0.15) is 89.3 Å². The molecule has 1 fully saturated rings. The van der Waals surface area contributed by atoms with Gasteiger partial charge in [0, 0.05) is 94.4 Å². The Morgan fingerprint density at radius 1 is 0.982 bits per heavy atom. The predicted octanol–water partition coefficient (Wildman–Crippen LogP) is 5.29. The Morgan fingerprint density at radius 2 is 1.75 bits per heavy atom. The van der Waals surface area contributed by atoms with Gasteiger partial charge in [-0.05, 0) is 56.4 Å². The summed E-state index contributed by atoms with van der Waals surface area (Å²) in [7, 11) is 3.39. The van der Waals surface area contributed by atoms with Crippen LogP contribution in [-0.2, 0) is 32.3 Å². The third-order valence-electron chi connectivity index (χ3n) is 9.89. The number of fused-ring (bicyclic) bond motifs is 1. The summed E-state index contributed by atoms with van der Waals surface area (Å²) in [6.07, 6.45) is 6.61. The van der Waals surface area contributed by atoms with E-state index in [0.717, 1.165) is 81.8 Å². The smallest absolute Gasteiger partial charge is 0.304 e. The molecule has 6 N–H and O–H groups in total. The lowest BCUT2D eigenvalue weighted by molar-refractivity contribution is -0.140. The third-order valence-corrected chi connectivity index (χ3v) is 13.2. The number of nitrogens with zero attached hydrogens (tertiary/aromatic N) is 5. The number of hydrogen-bond acceptors (Lipinski definition) is 11. The second-order valence-corrected chi connectivity index (χ2v) is 18.3. The zero-order valence-electron chi connectivity index (χ0n) is 33.7. The minimum absolute atomic E-state index is 0.100. The summed E-state index contributed by atoms with van der Waals surface area (Å²) in [4.78, 5) is 61.3. The molecule has 1 aliphatic rings. The van der Waals surface area contributed by atoms with Crippen molar-refractivity contribution in [3.05, 3.63) is 47.2 Å². The molecule has 4 rings (SSSR count). The molecule has 3 aromatic rings. The van der Waals surface area contributed by atoms with Gasteiger partial charge in [0.2, 0.25) is 23.7 Å². The van der Waals surface area contributed by atoms with Crippen LogP contribution >= 0.6 is 21.6 Å². The number of aryl methyl sites for hydroxylation is 1. The number of amides is 3. The van der Waals surface area contributed by atoms with Crippen molar-refractivity contribution >= 4 is 68.1 Å². The summed E-state index contributed by atoms with van der Waals surface area (Å²) in [6, 6.07) is 8.71. The van der Waals surface area contributed by atoms with Crippen LogP contribution in [0.15, 0.2) is 30.5 Å². The van der Waals surface area contributed by atoms with Gasteiger partial charge in [0.1, 0.15) is 5.52 Å². The normalized spacial score (nSPS) is 14.1. The number of nitrogens with two attached hydrogens (primary N) is 1. The van der Waals surface area contributed by atoms with E-state index in [0.29, 0.717) is 25.3 Å². The lowest BCUT2D eigenvalue weighted by Crippen LogP contribution is -2.48. The number of anilines is 2. The molecule has 0 bridgehead atoms. The zero-order valence-corrected chi connectivity index (χ0v) is 35.3. The van der Waals surface area contributed by atoms with Gasteiger partial charge >= 0.3 is 5.97 Å². The number of carbonyl (C=O) groups excluding carboxylic acids is 3. The fourth-order valence-corrected chi connectivity index (χ4v) is 9.03. The summed E-state index contributed by atoms with van der Waals surface area (Å²) >= 11 is 0. The molecular formula is C40H61N9O5S2. The van der Waals surface area contributed by atoms with Crippen molar-refractivity contribution in [1.82, 2.24) is 35.0 Å². The molecule has 1 saturated heterocycles. The van der Waals surface area contributed by atoms with Crippen LogP contribution in [0.2, 0.25) is 0 Å². The third kappa shape index (κ3) is 14.5. The van der Waals surface area contributed by atoms with Gasteiger partial charge in [-0.25, -0.2) is 4.98 Å². The molecule has 2 aromatic heterocycles. The quantitative estimate of drug-likeness (QED) is 0.0616. The lowest BCUT2D eigenvalue weighted by atomic mass is 10.0. The van der Waals surface area contributed by atoms with E-state index < -0.39 is 11.9 Å². The predicted molar refractivity (Wildman–Crippen MR) is 228 cm³/mol. The summed E-state index contributed by atoms with van der Waals surface area (Å²) < 4.78 is 2.10. The fourth-order valence-electron chi connectivity index (χ4n) is 6.55. The molecule has 0 spiro atoms. The zero-order chi connectivity index (χ0) is 40.7. The highest BCUT2D eigenvalue weighted by molar-refractivity contribution is 8.77. The van der Waals surface area contributed by atoms with Crippen molar-refractivity contribution < 1.29 is 24.3 Å². The van der Waals surface area contributed by atoms with E-state index in [9.17, 15) is 19.2 Å². The van der Waals surface area contributed by atoms with Crippen molar-refractivity contribution in [3.8, 4) is 0 Å². The molecule has 0 radical (unpaired) electrons. The highest BCUT2D eigenvalue weighted by atomic mass is 33.1. The van der Waals surface area contributed by atoms with Gasteiger partial charge in [0.25, 0.3) is 0 Å². The number of hydrogen-bond donors (Lipinski definition) is 5. The van der Waals surface area contributed by atoms with Crippen molar-refractivity contribution in [3.63, 3.8) is 0 Å². The standard InChI is InChI=1S/C40H61N9O5S2/c1-6-7-8-15-43-37-36-32(45-39(41)46-37)13-18-49(36)27-31-10-9-30(24-28(31)2)26-47-19-21-48(22-20-47)34(51)11-14-40(4,5)56-55-23-17-42-33(50)12-16-44-38(54)29(3)25-35(52)53/h9-10,13,18,24,29H,6-8,11-12,14-17,19-23,25-27H2,1-5H3,(H,42,50)(H,44,54)(H,52,53)(H3,41,43,45,46). The van der Waals surface area contributed by atoms with Gasteiger partial charge in [-0.2, -0.15) is 4.98 Å². The summed E-state index contributed by atoms with van der Waals surface area (Å²) in [5, 5.41) is 17.7. The Hall–Kier alpha value is -4.02. The van der Waals surface area contributed by atoms with E-state index in [1.807, 2.05) is 11.0 Å². The summed E-state index contributed by atoms with van der Waals surface area (Å²) in [5.41, 5.74) is 11.6. The number of benzene rings is 1. The van der Waals surface area contributed by atoms with E-state index in [1.54, 1.807) is 28.5 Å². The van der Waals surface area contributed by atoms with Gasteiger partial charge in [-0.3, -0.25) is 24.1 Å². The molecular weight excluding hydrogens is 751 g/mol. The van der Waals surface area contributed by atoms with Crippen LogP contribution < -0.4 is 21.7 Å². The Labute approximate surface area is 339 Å². The Morgan fingerprint density at radius 3 is 2.46 bits per heavy atom. The number of rotatable bonds is 23. The average Bonchev–Trinajstić information content (AvgIpc) is 3.55. The molecule has 0 saturated carbocycles. The van der Waals surface area contributed by atoms with E-state index >= 15 is 0 Å². The number of carboxylic acids is 1. The van der Waals surface area contributed by atoms with Crippen LogP contribution in [-0.4, -0.2) is 109 Å². The van der Waals surface area contributed by atoms with E-state index in [2.05, 4.69) is 87.5 Å². The summed E-state index contributed by atoms with van der Waals surface area (Å²) in [6.45, 7) is 16.4. The molecule has 3 amide bonds. The minimum atomic E-state index is -1.03. The van der Waals surface area contributed by atoms with Gasteiger partial charge in [0.15, 0.2) is 5.82 Å². The second kappa shape index (κ2) is 22.1. The molecule has 16 heteroatoms. The first-order valence-electron chi connectivity index (χ1n) is 19.8. The van der Waals surface area contributed by atoms with Crippen LogP contribution in [0, 0.1) is 12.8 Å². The molecule has 14 nitrogen and oxygen atoms in total. The molecule has 1 atom stereocenters. The van der Waals surface area contributed by atoms with Crippen LogP contribution in [0.5, 0.6) is 0 Å². The molecule has 308 valence electrons. The largest absolute Gasteiger partial charge is 0.481 e. The number of nitrogens with one attached hydrogen (secondary N) is 3. The van der Waals surface area contributed by atoms with Crippen LogP contribution in [0.4, 0.5) is 11.8 Å². The Kier molecular flexibility index (Phi) is 17.6.